The summed E-state index contributed by atoms with van der Waals surface area (Å²) in [5, 5.41) is 31.3. The van der Waals surface area contributed by atoms with Crippen molar-refractivity contribution in [2.45, 2.75) is 185 Å². The van der Waals surface area contributed by atoms with Crippen molar-refractivity contribution >= 4 is 33.4 Å². The maximum absolute atomic E-state index is 12.8. The first-order valence-corrected chi connectivity index (χ1v) is 27.4. The van der Waals surface area contributed by atoms with Crippen molar-refractivity contribution in [1.82, 2.24) is 9.55 Å². The number of carbonyl (C=O) groups is 2. The Balaban J connectivity index is 1.88. The predicted molar refractivity (Wildman–Crippen MR) is 262 cm³/mol. The second-order valence-corrected chi connectivity index (χ2v) is 19.8. The summed E-state index contributed by atoms with van der Waals surface area (Å²) in [4.78, 5) is 61.8. The van der Waals surface area contributed by atoms with Crippen LogP contribution in [0.1, 0.15) is 155 Å². The normalized spacial score (nSPS) is 20.3. The van der Waals surface area contributed by atoms with Crippen LogP contribution in [0.5, 0.6) is 0 Å². The molecule has 2 heterocycles. The molecule has 2 rings (SSSR count). The van der Waals surface area contributed by atoms with E-state index in [4.69, 9.17) is 29.0 Å². The van der Waals surface area contributed by atoms with Crippen LogP contribution in [0.4, 0.5) is 5.82 Å². The van der Waals surface area contributed by atoms with Gasteiger partial charge in [-0.05, 0) is 76.7 Å². The van der Waals surface area contributed by atoms with E-state index in [-0.39, 0.29) is 31.5 Å². The summed E-state index contributed by atoms with van der Waals surface area (Å²) >= 11 is 0. The van der Waals surface area contributed by atoms with E-state index in [9.17, 15) is 48.6 Å². The quantitative estimate of drug-likeness (QED) is 0.0118. The van der Waals surface area contributed by atoms with Crippen molar-refractivity contribution in [2.24, 2.45) is 0 Å². The van der Waals surface area contributed by atoms with Gasteiger partial charge in [-0.2, -0.15) is 9.29 Å². The van der Waals surface area contributed by atoms with Gasteiger partial charge in [0, 0.05) is 19.0 Å². The summed E-state index contributed by atoms with van der Waals surface area (Å²) in [5.41, 5.74) is 4.56. The van der Waals surface area contributed by atoms with Gasteiger partial charge in [0.2, 0.25) is 0 Å². The first-order chi connectivity index (χ1) is 33.1. The molecule has 0 bridgehead atoms. The second-order valence-electron chi connectivity index (χ2n) is 16.8. The summed E-state index contributed by atoms with van der Waals surface area (Å²) in [5.74, 6) is -1.52. The van der Waals surface area contributed by atoms with Gasteiger partial charge in [-0.25, -0.2) is 13.9 Å². The minimum absolute atomic E-state index is 0.0742. The Hall–Kier alpha value is -3.58. The average molecular weight is 1020 g/mol. The Labute approximate surface area is 407 Å². The van der Waals surface area contributed by atoms with Crippen LogP contribution in [-0.2, 0) is 46.3 Å². The largest absolute Gasteiger partial charge is 0.481 e. The monoisotopic (exact) mass is 1020 g/mol. The molecule has 2 unspecified atom stereocenters. The van der Waals surface area contributed by atoms with Crippen molar-refractivity contribution in [2.75, 3.05) is 25.6 Å². The molecule has 0 radical (unpaired) electrons. The third kappa shape index (κ3) is 29.4. The topological polar surface area (TPSA) is 286 Å². The number of nitrogen functional groups attached to an aromatic ring is 1. The molecule has 1 aliphatic rings. The first kappa shape index (κ1) is 61.5. The van der Waals surface area contributed by atoms with E-state index in [1.165, 1.54) is 51.0 Å². The number of nitrogens with two attached hydrogens (primary N) is 1. The number of carbonyl (C=O) groups excluding carboxylic acids is 2. The second kappa shape index (κ2) is 36.4. The standard InChI is InChI=1S/C48H79N3O16P2/c1-3-5-7-9-11-13-15-17-19-21-23-25-27-30-39(52)31-29-33-44(54)65-40(36-62-43(53)32-28-26-24-22-20-18-16-14-12-10-8-6-4-2)37-63-68(58,59)67-69(60,61)64-38-41-45(55)46(56)47(66-41)51-35-34-42(49)50-48(51)57/h11,13-14,16-17,19,23,25,27,30,34-35,39-41,45-47,52,55-56H,3-10,12,15,18,20-22,24,26,28-29,31-33,36-38H2,1-2H3,(H,58,59)(H,60,61)(H2,49,50,57)/b13-11-,16-14-,19-17-,25-23-,30-27+/t39-,40+,41+,45+,46+,47+/m0/s1. The number of aromatic nitrogens is 2. The Morgan fingerprint density at radius 1 is 0.768 bits per heavy atom. The number of rotatable bonds is 39. The lowest BCUT2D eigenvalue weighted by atomic mass is 10.1. The van der Waals surface area contributed by atoms with Gasteiger partial charge >= 0.3 is 33.3 Å². The smallest absolute Gasteiger partial charge is 0.462 e. The number of hydrogen-bond donors (Lipinski definition) is 6. The van der Waals surface area contributed by atoms with Crippen molar-refractivity contribution in [1.29, 1.82) is 0 Å². The van der Waals surface area contributed by atoms with Gasteiger partial charge in [0.15, 0.2) is 12.3 Å². The molecule has 7 N–H and O–H groups in total. The number of phosphoric ester groups is 2. The molecular formula is C48H79N3O16P2. The summed E-state index contributed by atoms with van der Waals surface area (Å²) in [6.45, 7) is 1.90. The number of unbranched alkanes of at least 4 members (excludes halogenated alkanes) is 12. The molecule has 19 nitrogen and oxygen atoms in total. The number of aliphatic hydroxyl groups is 3. The lowest BCUT2D eigenvalue weighted by Gasteiger charge is -2.21. The average Bonchev–Trinajstić information content (AvgIpc) is 3.58. The van der Waals surface area contributed by atoms with E-state index >= 15 is 0 Å². The maximum atomic E-state index is 12.8. The van der Waals surface area contributed by atoms with Crippen molar-refractivity contribution in [3.8, 4) is 0 Å². The molecule has 1 aliphatic heterocycles. The van der Waals surface area contributed by atoms with Crippen LogP contribution in [0, 0.1) is 0 Å². The maximum Gasteiger partial charge on any atom is 0.481 e. The van der Waals surface area contributed by atoms with Gasteiger partial charge in [0.1, 0.15) is 30.7 Å². The van der Waals surface area contributed by atoms with Crippen LogP contribution in [0.3, 0.4) is 0 Å². The molecule has 0 saturated carbocycles. The highest BCUT2D eigenvalue weighted by Crippen LogP contribution is 2.60. The lowest BCUT2D eigenvalue weighted by molar-refractivity contribution is -0.161. The molecule has 69 heavy (non-hydrogen) atoms. The van der Waals surface area contributed by atoms with E-state index in [2.05, 4.69) is 59.6 Å². The third-order valence-electron chi connectivity index (χ3n) is 10.7. The zero-order chi connectivity index (χ0) is 50.8. The molecule has 0 aliphatic carbocycles. The van der Waals surface area contributed by atoms with Crippen LogP contribution in [0.25, 0.3) is 0 Å². The highest BCUT2D eigenvalue weighted by atomic mass is 31.3. The highest BCUT2D eigenvalue weighted by molar-refractivity contribution is 7.61. The highest BCUT2D eigenvalue weighted by Gasteiger charge is 2.46. The predicted octanol–water partition coefficient (Wildman–Crippen LogP) is 8.52. The molecule has 8 atom stereocenters. The van der Waals surface area contributed by atoms with Crippen molar-refractivity contribution < 1.29 is 71.4 Å². The lowest BCUT2D eigenvalue weighted by Crippen LogP contribution is -2.36. The number of anilines is 1. The molecule has 392 valence electrons. The fourth-order valence-electron chi connectivity index (χ4n) is 6.82. The fraction of sp³-hybridized carbons (Fsp3) is 0.667. The summed E-state index contributed by atoms with van der Waals surface area (Å²) in [6.07, 6.45) is 30.5. The summed E-state index contributed by atoms with van der Waals surface area (Å²) < 4.78 is 56.5. The molecule has 1 saturated heterocycles. The van der Waals surface area contributed by atoms with E-state index in [1.807, 2.05) is 12.2 Å². The number of aliphatic hydroxyl groups excluding tert-OH is 3. The first-order valence-electron chi connectivity index (χ1n) is 24.4. The molecule has 1 aromatic heterocycles. The van der Waals surface area contributed by atoms with E-state index in [1.54, 1.807) is 12.2 Å². The fourth-order valence-corrected chi connectivity index (χ4v) is 8.93. The van der Waals surface area contributed by atoms with Gasteiger partial charge in [0.25, 0.3) is 0 Å². The molecule has 0 amide bonds. The minimum Gasteiger partial charge on any atom is -0.462 e. The van der Waals surface area contributed by atoms with Gasteiger partial charge in [-0.1, -0.05) is 126 Å². The number of esters is 2. The SMILES string of the molecule is CCCCC/C=C\C/C=C\C/C=C\C=C\[C@H](O)CCCC(=O)O[C@H](COC(=O)CCCCCCC/C=C\CCCCCC)COP(=O)(O)OP(=O)(O)OC[C@H]1O[C@@H](n2ccc(N)nc2=O)[C@H](O)[C@@H]1O. The van der Waals surface area contributed by atoms with Crippen molar-refractivity contribution in [3.05, 3.63) is 83.5 Å². The van der Waals surface area contributed by atoms with Gasteiger partial charge in [0.05, 0.1) is 19.3 Å². The van der Waals surface area contributed by atoms with E-state index < -0.39 is 89.8 Å². The third-order valence-corrected chi connectivity index (χ3v) is 13.3. The Bertz CT molecular complexity index is 1910. The minimum atomic E-state index is -5.47. The zero-order valence-electron chi connectivity index (χ0n) is 40.5. The number of nitrogens with zero attached hydrogens (tertiary/aromatic N) is 2. The molecule has 0 aromatic carbocycles. The number of phosphoric acid groups is 2. The van der Waals surface area contributed by atoms with Crippen LogP contribution >= 0.6 is 15.6 Å². The van der Waals surface area contributed by atoms with Gasteiger partial charge in [-0.3, -0.25) is 23.2 Å². The van der Waals surface area contributed by atoms with Gasteiger partial charge in [-0.15, -0.1) is 0 Å². The molecule has 21 heteroatoms. The summed E-state index contributed by atoms with van der Waals surface area (Å²) in [6, 6.07) is 1.23. The van der Waals surface area contributed by atoms with Gasteiger partial charge < -0.3 is 45.1 Å². The number of ether oxygens (including phenoxy) is 3. The Kier molecular flexibility index (Phi) is 32.4. The van der Waals surface area contributed by atoms with Crippen LogP contribution < -0.4 is 11.4 Å². The molecule has 0 spiro atoms. The molecular weight excluding hydrogens is 936 g/mol. The Morgan fingerprint density at radius 3 is 2.04 bits per heavy atom. The van der Waals surface area contributed by atoms with E-state index in [0.717, 1.165) is 68.6 Å². The number of hydrogen-bond acceptors (Lipinski definition) is 16. The molecule has 1 aromatic rings. The van der Waals surface area contributed by atoms with Crippen molar-refractivity contribution in [3.63, 3.8) is 0 Å². The molecule has 1 fully saturated rings. The summed E-state index contributed by atoms with van der Waals surface area (Å²) in [7, 11) is -10.9. The van der Waals surface area contributed by atoms with Crippen LogP contribution in [-0.4, -0.2) is 96.9 Å². The van der Waals surface area contributed by atoms with Crippen LogP contribution in [0.2, 0.25) is 0 Å². The Morgan fingerprint density at radius 2 is 1.35 bits per heavy atom. The zero-order valence-corrected chi connectivity index (χ0v) is 42.2. The van der Waals surface area contributed by atoms with Crippen LogP contribution in [0.15, 0.2) is 77.8 Å². The van der Waals surface area contributed by atoms with E-state index in [0.29, 0.717) is 6.42 Å². The number of allylic oxidation sites excluding steroid dienone is 9.